The van der Waals surface area contributed by atoms with Crippen LogP contribution in [0.3, 0.4) is 0 Å². The highest BCUT2D eigenvalue weighted by Gasteiger charge is 2.08. The normalized spacial score (nSPS) is 10.3. The lowest BCUT2D eigenvalue weighted by Gasteiger charge is -2.09. The molecule has 0 aromatic heterocycles. The van der Waals surface area contributed by atoms with Crippen molar-refractivity contribution in [2.75, 3.05) is 17.2 Å². The minimum absolute atomic E-state index is 0.353. The van der Waals surface area contributed by atoms with E-state index >= 15 is 0 Å². The summed E-state index contributed by atoms with van der Waals surface area (Å²) in [7, 11) is 0. The molecule has 0 unspecified atom stereocenters. The van der Waals surface area contributed by atoms with E-state index in [9.17, 15) is 9.59 Å². The molecule has 2 N–H and O–H groups in total. The Balaban J connectivity index is 1.86. The van der Waals surface area contributed by atoms with Gasteiger partial charge < -0.3 is 15.4 Å². The van der Waals surface area contributed by atoms with Crippen LogP contribution in [0.1, 0.15) is 36.5 Å². The average Bonchev–Trinajstić information content (AvgIpc) is 2.62. The zero-order chi connectivity index (χ0) is 18.9. The van der Waals surface area contributed by atoms with Crippen molar-refractivity contribution in [3.8, 4) is 0 Å². The summed E-state index contributed by atoms with van der Waals surface area (Å²) in [5.74, 6) is -0.368. The minimum atomic E-state index is -0.432. The van der Waals surface area contributed by atoms with E-state index in [0.29, 0.717) is 33.6 Å². The van der Waals surface area contributed by atoms with Gasteiger partial charge in [-0.05, 0) is 48.9 Å². The lowest BCUT2D eigenvalue weighted by Crippen LogP contribution is -2.19. The van der Waals surface area contributed by atoms with Gasteiger partial charge in [-0.3, -0.25) is 0 Å². The molecule has 0 spiro atoms. The van der Waals surface area contributed by atoms with Gasteiger partial charge in [0.05, 0.1) is 22.2 Å². The van der Waals surface area contributed by atoms with Crippen molar-refractivity contribution in [2.45, 2.75) is 26.2 Å². The molecule has 0 radical (unpaired) electrons. The number of halogens is 2. The van der Waals surface area contributed by atoms with Crippen LogP contribution in [0.4, 0.5) is 16.2 Å². The average molecular weight is 395 g/mol. The summed E-state index contributed by atoms with van der Waals surface area (Å²) in [6.07, 6.45) is 2.96. The monoisotopic (exact) mass is 394 g/mol. The lowest BCUT2D eigenvalue weighted by atomic mass is 10.2. The number of benzene rings is 2. The molecule has 2 aromatic rings. The molecule has 0 saturated heterocycles. The second-order valence-electron chi connectivity index (χ2n) is 5.63. The van der Waals surface area contributed by atoms with E-state index in [4.69, 9.17) is 27.9 Å². The van der Waals surface area contributed by atoms with Crippen molar-refractivity contribution in [1.82, 2.24) is 0 Å². The molecule has 0 aliphatic rings. The maximum absolute atomic E-state index is 12.0. The fourth-order valence-electron chi connectivity index (χ4n) is 2.16. The van der Waals surface area contributed by atoms with Crippen molar-refractivity contribution in [3.05, 3.63) is 58.1 Å². The first-order valence-corrected chi connectivity index (χ1v) is 9.05. The van der Waals surface area contributed by atoms with Gasteiger partial charge in [0.2, 0.25) is 0 Å². The van der Waals surface area contributed by atoms with E-state index in [1.54, 1.807) is 42.5 Å². The Morgan fingerprint density at radius 2 is 1.58 bits per heavy atom. The number of amides is 2. The number of carbonyl (C=O) groups excluding carboxylic acids is 2. The van der Waals surface area contributed by atoms with Gasteiger partial charge in [-0.2, -0.15) is 0 Å². The van der Waals surface area contributed by atoms with Crippen LogP contribution in [0, 0.1) is 0 Å². The van der Waals surface area contributed by atoms with Gasteiger partial charge in [-0.15, -0.1) is 0 Å². The van der Waals surface area contributed by atoms with Crippen LogP contribution in [0.25, 0.3) is 0 Å². The molecule has 0 saturated carbocycles. The third-order valence-electron chi connectivity index (χ3n) is 3.54. The summed E-state index contributed by atoms with van der Waals surface area (Å²) in [6.45, 7) is 2.50. The Labute approximate surface area is 162 Å². The Morgan fingerprint density at radius 3 is 2.23 bits per heavy atom. The molecular weight excluding hydrogens is 375 g/mol. The summed E-state index contributed by atoms with van der Waals surface area (Å²) >= 11 is 11.7. The molecule has 7 heteroatoms. The first kappa shape index (κ1) is 20.1. The molecule has 138 valence electrons. The Hall–Kier alpha value is -2.24. The standard InChI is InChI=1S/C19H20Cl2N2O3/c1-2-3-4-11-26-18(24)13-5-7-14(8-6-13)22-19(25)23-15-9-10-16(20)17(21)12-15/h5-10,12H,2-4,11H2,1H3,(H2,22,23,25). The van der Waals surface area contributed by atoms with Crippen molar-refractivity contribution in [3.63, 3.8) is 0 Å². The van der Waals surface area contributed by atoms with Crippen molar-refractivity contribution < 1.29 is 14.3 Å². The molecule has 2 rings (SSSR count). The van der Waals surface area contributed by atoms with Gasteiger partial charge >= 0.3 is 12.0 Å². The predicted octanol–water partition coefficient (Wildman–Crippen LogP) is 5.98. The summed E-state index contributed by atoms with van der Waals surface area (Å²) < 4.78 is 5.19. The second kappa shape index (κ2) is 10.0. The number of carbonyl (C=O) groups is 2. The van der Waals surface area contributed by atoms with Crippen LogP contribution in [-0.2, 0) is 4.74 Å². The van der Waals surface area contributed by atoms with Gasteiger partial charge in [0.25, 0.3) is 0 Å². The number of unbranched alkanes of at least 4 members (excludes halogenated alkanes) is 2. The SMILES string of the molecule is CCCCCOC(=O)c1ccc(NC(=O)Nc2ccc(Cl)c(Cl)c2)cc1. The molecule has 0 atom stereocenters. The number of hydrogen-bond donors (Lipinski definition) is 2. The second-order valence-corrected chi connectivity index (χ2v) is 6.44. The van der Waals surface area contributed by atoms with Crippen LogP contribution >= 0.6 is 23.2 Å². The molecular formula is C19H20Cl2N2O3. The van der Waals surface area contributed by atoms with Gasteiger partial charge in [-0.1, -0.05) is 43.0 Å². The zero-order valence-electron chi connectivity index (χ0n) is 14.4. The first-order chi connectivity index (χ1) is 12.5. The molecule has 0 aliphatic carbocycles. The maximum atomic E-state index is 12.0. The molecule has 0 fully saturated rings. The largest absolute Gasteiger partial charge is 0.462 e. The molecule has 2 amide bonds. The number of rotatable bonds is 7. The number of urea groups is 1. The van der Waals surface area contributed by atoms with Crippen molar-refractivity contribution in [1.29, 1.82) is 0 Å². The molecule has 0 heterocycles. The fourth-order valence-corrected chi connectivity index (χ4v) is 2.46. The molecule has 0 bridgehead atoms. The summed E-state index contributed by atoms with van der Waals surface area (Å²) in [6, 6.07) is 10.9. The quantitative estimate of drug-likeness (QED) is 0.447. The highest BCUT2D eigenvalue weighted by atomic mass is 35.5. The number of esters is 1. The summed E-state index contributed by atoms with van der Waals surface area (Å²) in [4.78, 5) is 23.9. The van der Waals surface area contributed by atoms with Gasteiger partial charge in [0.15, 0.2) is 0 Å². The highest BCUT2D eigenvalue weighted by Crippen LogP contribution is 2.25. The Bertz CT molecular complexity index is 764. The van der Waals surface area contributed by atoms with Gasteiger partial charge in [-0.25, -0.2) is 9.59 Å². The number of hydrogen-bond acceptors (Lipinski definition) is 3. The van der Waals surface area contributed by atoms with E-state index in [-0.39, 0.29) is 5.97 Å². The molecule has 26 heavy (non-hydrogen) atoms. The van der Waals surface area contributed by atoms with E-state index in [0.717, 1.165) is 19.3 Å². The number of nitrogens with one attached hydrogen (secondary N) is 2. The number of anilines is 2. The summed E-state index contributed by atoms with van der Waals surface area (Å²) in [5.41, 5.74) is 1.51. The van der Waals surface area contributed by atoms with E-state index in [1.807, 2.05) is 0 Å². The molecule has 2 aromatic carbocycles. The topological polar surface area (TPSA) is 67.4 Å². The van der Waals surface area contributed by atoms with Crippen LogP contribution in [0.2, 0.25) is 10.0 Å². The van der Waals surface area contributed by atoms with Crippen LogP contribution < -0.4 is 10.6 Å². The van der Waals surface area contributed by atoms with E-state index in [1.165, 1.54) is 0 Å². The highest BCUT2D eigenvalue weighted by molar-refractivity contribution is 6.42. The van der Waals surface area contributed by atoms with Crippen LogP contribution in [0.5, 0.6) is 0 Å². The Kier molecular flexibility index (Phi) is 7.75. The van der Waals surface area contributed by atoms with E-state index < -0.39 is 6.03 Å². The lowest BCUT2D eigenvalue weighted by molar-refractivity contribution is 0.0498. The summed E-state index contributed by atoms with van der Waals surface area (Å²) in [5, 5.41) is 6.09. The Morgan fingerprint density at radius 1 is 0.923 bits per heavy atom. The van der Waals surface area contributed by atoms with Crippen LogP contribution in [-0.4, -0.2) is 18.6 Å². The molecule has 5 nitrogen and oxygen atoms in total. The zero-order valence-corrected chi connectivity index (χ0v) is 15.9. The van der Waals surface area contributed by atoms with Crippen LogP contribution in [0.15, 0.2) is 42.5 Å². The number of ether oxygens (including phenoxy) is 1. The first-order valence-electron chi connectivity index (χ1n) is 8.30. The van der Waals surface area contributed by atoms with Crippen molar-refractivity contribution >= 4 is 46.6 Å². The van der Waals surface area contributed by atoms with E-state index in [2.05, 4.69) is 17.6 Å². The minimum Gasteiger partial charge on any atom is -0.462 e. The third-order valence-corrected chi connectivity index (χ3v) is 4.28. The fraction of sp³-hybridized carbons (Fsp3) is 0.263. The van der Waals surface area contributed by atoms with Gasteiger partial charge in [0.1, 0.15) is 0 Å². The predicted molar refractivity (Wildman–Crippen MR) is 105 cm³/mol. The molecule has 0 aliphatic heterocycles. The van der Waals surface area contributed by atoms with Crippen molar-refractivity contribution in [2.24, 2.45) is 0 Å². The smallest absolute Gasteiger partial charge is 0.338 e. The third kappa shape index (κ3) is 6.24. The maximum Gasteiger partial charge on any atom is 0.338 e. The van der Waals surface area contributed by atoms with Gasteiger partial charge in [0, 0.05) is 11.4 Å².